The van der Waals surface area contributed by atoms with Gasteiger partial charge < -0.3 is 18.7 Å². The van der Waals surface area contributed by atoms with Crippen LogP contribution in [0.15, 0.2) is 21.7 Å². The average molecular weight is 249 g/mol. The largest absolute Gasteiger partial charge is 0.464 e. The molecule has 6 nitrogen and oxygen atoms in total. The molecular weight excluding hydrogens is 234 g/mol. The number of esters is 1. The van der Waals surface area contributed by atoms with Crippen molar-refractivity contribution in [2.24, 2.45) is 12.1 Å². The van der Waals surface area contributed by atoms with Crippen molar-refractivity contribution in [2.45, 2.75) is 0 Å². The number of rotatable bonds is 3. The lowest BCUT2D eigenvalue weighted by atomic mass is 10.3. The summed E-state index contributed by atoms with van der Waals surface area (Å²) in [5.74, 6) is 0.258. The molecule has 0 aliphatic carbocycles. The van der Waals surface area contributed by atoms with Gasteiger partial charge in [0.25, 0.3) is 0 Å². The van der Waals surface area contributed by atoms with E-state index in [2.05, 4.69) is 5.10 Å². The Morgan fingerprint density at radius 2 is 2.22 bits per heavy atom. The van der Waals surface area contributed by atoms with E-state index in [1.165, 1.54) is 7.11 Å². The number of aromatic nitrogens is 1. The molecule has 0 aliphatic rings. The molecule has 0 spiro atoms. The van der Waals surface area contributed by atoms with Crippen LogP contribution >= 0.6 is 0 Å². The standard InChI is InChI=1S/C12H15N3O3/c1-14(2)13-7-9-5-8-6-10(12(16)17-4)15(3)11(8)18-9/h5-7H,1-4H3/b13-7+. The summed E-state index contributed by atoms with van der Waals surface area (Å²) in [5.41, 5.74) is 1.08. The minimum atomic E-state index is -0.382. The van der Waals surface area contributed by atoms with E-state index >= 15 is 0 Å². The Bertz CT molecular complexity index is 607. The summed E-state index contributed by atoms with van der Waals surface area (Å²) in [7, 11) is 6.76. The summed E-state index contributed by atoms with van der Waals surface area (Å²) in [6.07, 6.45) is 1.62. The van der Waals surface area contributed by atoms with Gasteiger partial charge in [-0.15, -0.1) is 0 Å². The van der Waals surface area contributed by atoms with Crippen molar-refractivity contribution >= 4 is 23.3 Å². The van der Waals surface area contributed by atoms with Gasteiger partial charge in [-0.1, -0.05) is 0 Å². The predicted molar refractivity (Wildman–Crippen MR) is 67.8 cm³/mol. The molecule has 0 aromatic carbocycles. The van der Waals surface area contributed by atoms with E-state index < -0.39 is 0 Å². The molecule has 0 fully saturated rings. The SMILES string of the molecule is COC(=O)c1cc2cc(/C=N/N(C)C)oc2n1C. The molecule has 0 radical (unpaired) electrons. The Morgan fingerprint density at radius 1 is 1.50 bits per heavy atom. The van der Waals surface area contributed by atoms with Crippen LogP contribution in [0.3, 0.4) is 0 Å². The minimum Gasteiger partial charge on any atom is -0.464 e. The summed E-state index contributed by atoms with van der Waals surface area (Å²) >= 11 is 0. The highest BCUT2D eigenvalue weighted by molar-refractivity contribution is 5.95. The van der Waals surface area contributed by atoms with E-state index in [4.69, 9.17) is 9.15 Å². The van der Waals surface area contributed by atoms with Gasteiger partial charge in [0, 0.05) is 26.5 Å². The van der Waals surface area contributed by atoms with Gasteiger partial charge in [-0.25, -0.2) is 4.79 Å². The fourth-order valence-corrected chi connectivity index (χ4v) is 1.67. The molecule has 2 rings (SSSR count). The number of aryl methyl sites for hydroxylation is 1. The first-order valence-corrected chi connectivity index (χ1v) is 5.42. The van der Waals surface area contributed by atoms with Crippen LogP contribution in [0, 0.1) is 0 Å². The Labute approximate surface area is 104 Å². The van der Waals surface area contributed by atoms with E-state index in [-0.39, 0.29) is 5.97 Å². The molecule has 6 heteroatoms. The first kappa shape index (κ1) is 12.2. The van der Waals surface area contributed by atoms with Crippen molar-refractivity contribution in [3.8, 4) is 0 Å². The molecule has 0 bridgehead atoms. The van der Waals surface area contributed by atoms with E-state index in [9.17, 15) is 4.79 Å². The fraction of sp³-hybridized carbons (Fsp3) is 0.333. The van der Waals surface area contributed by atoms with Crippen LogP contribution in [0.2, 0.25) is 0 Å². The van der Waals surface area contributed by atoms with E-state index in [1.54, 1.807) is 28.9 Å². The number of furan rings is 1. The smallest absolute Gasteiger partial charge is 0.354 e. The molecule has 96 valence electrons. The number of carbonyl (C=O) groups is 1. The van der Waals surface area contributed by atoms with Crippen molar-refractivity contribution in [2.75, 3.05) is 21.2 Å². The maximum atomic E-state index is 11.5. The molecule has 0 saturated carbocycles. The monoisotopic (exact) mass is 249 g/mol. The van der Waals surface area contributed by atoms with Crippen LogP contribution in [0.5, 0.6) is 0 Å². The van der Waals surface area contributed by atoms with E-state index in [0.717, 1.165) is 5.39 Å². The Balaban J connectivity index is 2.40. The molecular formula is C12H15N3O3. The summed E-state index contributed by atoms with van der Waals surface area (Å²) in [5, 5.41) is 6.61. The summed E-state index contributed by atoms with van der Waals surface area (Å²) < 4.78 is 12.0. The first-order chi connectivity index (χ1) is 8.52. The van der Waals surface area contributed by atoms with Gasteiger partial charge in [-0.2, -0.15) is 5.10 Å². The van der Waals surface area contributed by atoms with Crippen LogP contribution in [0.25, 0.3) is 11.1 Å². The number of hydrazone groups is 1. The lowest BCUT2D eigenvalue weighted by Crippen LogP contribution is -2.07. The molecule has 18 heavy (non-hydrogen) atoms. The van der Waals surface area contributed by atoms with Crippen LogP contribution in [0.4, 0.5) is 0 Å². The van der Waals surface area contributed by atoms with E-state index in [0.29, 0.717) is 17.2 Å². The fourth-order valence-electron chi connectivity index (χ4n) is 1.67. The van der Waals surface area contributed by atoms with Crippen LogP contribution in [0.1, 0.15) is 16.2 Å². The highest BCUT2D eigenvalue weighted by atomic mass is 16.5. The second-order valence-corrected chi connectivity index (χ2v) is 4.08. The van der Waals surface area contributed by atoms with Gasteiger partial charge in [-0.05, 0) is 12.1 Å². The van der Waals surface area contributed by atoms with Gasteiger partial charge in [0.15, 0.2) is 0 Å². The quantitative estimate of drug-likeness (QED) is 0.469. The van der Waals surface area contributed by atoms with Gasteiger partial charge >= 0.3 is 5.97 Å². The maximum absolute atomic E-state index is 11.5. The number of nitrogens with zero attached hydrogens (tertiary/aromatic N) is 3. The molecule has 0 atom stereocenters. The van der Waals surface area contributed by atoms with Crippen molar-refractivity contribution < 1.29 is 13.9 Å². The molecule has 2 heterocycles. The Hall–Kier alpha value is -2.24. The number of ether oxygens (including phenoxy) is 1. The molecule has 0 unspecified atom stereocenters. The van der Waals surface area contributed by atoms with Crippen molar-refractivity contribution in [3.05, 3.63) is 23.6 Å². The lowest BCUT2D eigenvalue weighted by molar-refractivity contribution is 0.0590. The average Bonchev–Trinajstić information content (AvgIpc) is 2.86. The number of methoxy groups -OCH3 is 1. The molecule has 0 aliphatic heterocycles. The summed E-state index contributed by atoms with van der Waals surface area (Å²) in [6.45, 7) is 0. The number of hydrogen-bond acceptors (Lipinski definition) is 5. The van der Waals surface area contributed by atoms with Gasteiger partial charge in [-0.3, -0.25) is 0 Å². The highest BCUT2D eigenvalue weighted by Gasteiger charge is 2.16. The van der Waals surface area contributed by atoms with Crippen LogP contribution < -0.4 is 0 Å². The first-order valence-electron chi connectivity index (χ1n) is 5.42. The molecule has 0 N–H and O–H groups in total. The number of carbonyl (C=O) groups excluding carboxylic acids is 1. The zero-order chi connectivity index (χ0) is 13.3. The van der Waals surface area contributed by atoms with Gasteiger partial charge in [0.1, 0.15) is 11.5 Å². The van der Waals surface area contributed by atoms with Crippen molar-refractivity contribution in [1.82, 2.24) is 9.58 Å². The third-order valence-corrected chi connectivity index (χ3v) is 2.53. The summed E-state index contributed by atoms with van der Waals surface area (Å²) in [6, 6.07) is 3.56. The summed E-state index contributed by atoms with van der Waals surface area (Å²) in [4.78, 5) is 11.5. The third kappa shape index (κ3) is 2.09. The Kier molecular flexibility index (Phi) is 3.10. The topological polar surface area (TPSA) is 60.0 Å². The van der Waals surface area contributed by atoms with E-state index in [1.807, 2.05) is 20.2 Å². The molecule has 2 aromatic heterocycles. The molecule has 2 aromatic rings. The second kappa shape index (κ2) is 4.56. The second-order valence-electron chi connectivity index (χ2n) is 4.08. The Morgan fingerprint density at radius 3 is 2.78 bits per heavy atom. The van der Waals surface area contributed by atoms with Gasteiger partial charge in [0.2, 0.25) is 5.71 Å². The van der Waals surface area contributed by atoms with Gasteiger partial charge in [0.05, 0.1) is 13.3 Å². The molecule has 0 saturated heterocycles. The number of fused-ring (bicyclic) bond motifs is 1. The lowest BCUT2D eigenvalue weighted by Gasteiger charge is -2.01. The zero-order valence-electron chi connectivity index (χ0n) is 10.8. The molecule has 0 amide bonds. The van der Waals surface area contributed by atoms with Crippen molar-refractivity contribution in [3.63, 3.8) is 0 Å². The van der Waals surface area contributed by atoms with Crippen LogP contribution in [-0.2, 0) is 11.8 Å². The third-order valence-electron chi connectivity index (χ3n) is 2.53. The number of hydrogen-bond donors (Lipinski definition) is 0. The van der Waals surface area contributed by atoms with Crippen molar-refractivity contribution in [1.29, 1.82) is 0 Å². The zero-order valence-corrected chi connectivity index (χ0v) is 10.8. The highest BCUT2D eigenvalue weighted by Crippen LogP contribution is 2.22. The maximum Gasteiger partial charge on any atom is 0.354 e. The minimum absolute atomic E-state index is 0.382. The normalized spacial score (nSPS) is 11.3. The van der Waals surface area contributed by atoms with Crippen LogP contribution in [-0.4, -0.2) is 43.0 Å². The predicted octanol–water partition coefficient (Wildman–Crippen LogP) is 1.45.